The summed E-state index contributed by atoms with van der Waals surface area (Å²) in [5.74, 6) is 0.965. The zero-order valence-electron chi connectivity index (χ0n) is 14.1. The summed E-state index contributed by atoms with van der Waals surface area (Å²) in [7, 11) is 5.87. The van der Waals surface area contributed by atoms with Crippen LogP contribution in [0.3, 0.4) is 0 Å². The largest absolute Gasteiger partial charge is 0.385 e. The quantitative estimate of drug-likeness (QED) is 0.621. The number of methoxy groups -OCH3 is 1. The molecule has 0 amide bonds. The highest BCUT2D eigenvalue weighted by molar-refractivity contribution is 5.79. The number of hydrogen-bond donors (Lipinski definition) is 1. The molecule has 22 heavy (non-hydrogen) atoms. The second-order valence-electron chi connectivity index (χ2n) is 6.47. The van der Waals surface area contributed by atoms with Gasteiger partial charge in [-0.1, -0.05) is 36.8 Å². The Morgan fingerprint density at radius 1 is 1.27 bits per heavy atom. The Morgan fingerprint density at radius 2 is 2.00 bits per heavy atom. The molecule has 0 atom stereocenters. The molecule has 1 saturated carbocycles. The highest BCUT2D eigenvalue weighted by Gasteiger charge is 2.36. The minimum atomic E-state index is 0.402. The molecule has 1 aliphatic carbocycles. The lowest BCUT2D eigenvalue weighted by atomic mass is 9.67. The van der Waals surface area contributed by atoms with E-state index in [0.717, 1.165) is 25.5 Å². The van der Waals surface area contributed by atoms with Crippen LogP contribution in [0.25, 0.3) is 0 Å². The van der Waals surface area contributed by atoms with Gasteiger partial charge < -0.3 is 15.0 Å². The van der Waals surface area contributed by atoms with E-state index >= 15 is 0 Å². The second-order valence-corrected chi connectivity index (χ2v) is 6.47. The third kappa shape index (κ3) is 4.73. The summed E-state index contributed by atoms with van der Waals surface area (Å²) < 4.78 is 5.26. The Bertz CT molecular complexity index is 466. The molecule has 0 heterocycles. The SMILES string of the molecule is COCCC1(CNC(=NCc2ccccc2)N(C)C)CCC1. The van der Waals surface area contributed by atoms with Gasteiger partial charge in [0.15, 0.2) is 5.96 Å². The van der Waals surface area contributed by atoms with Crippen LogP contribution in [0.5, 0.6) is 0 Å². The zero-order chi connectivity index (χ0) is 15.8. The van der Waals surface area contributed by atoms with Gasteiger partial charge in [0.05, 0.1) is 6.54 Å². The minimum Gasteiger partial charge on any atom is -0.385 e. The number of rotatable bonds is 7. The first-order valence-corrected chi connectivity index (χ1v) is 8.14. The third-order valence-electron chi connectivity index (χ3n) is 4.55. The van der Waals surface area contributed by atoms with Gasteiger partial charge >= 0.3 is 0 Å². The van der Waals surface area contributed by atoms with Crippen molar-refractivity contribution < 1.29 is 4.74 Å². The molecule has 1 aromatic carbocycles. The van der Waals surface area contributed by atoms with Crippen molar-refractivity contribution in [3.8, 4) is 0 Å². The first-order chi connectivity index (χ1) is 10.7. The van der Waals surface area contributed by atoms with Crippen LogP contribution >= 0.6 is 0 Å². The van der Waals surface area contributed by atoms with E-state index in [1.165, 1.54) is 24.8 Å². The van der Waals surface area contributed by atoms with E-state index in [-0.39, 0.29) is 0 Å². The summed E-state index contributed by atoms with van der Waals surface area (Å²) in [4.78, 5) is 6.80. The van der Waals surface area contributed by atoms with Gasteiger partial charge in [0.25, 0.3) is 0 Å². The topological polar surface area (TPSA) is 36.9 Å². The standard InChI is InChI=1S/C18H29N3O/c1-21(2)17(19-14-16-8-5-4-6-9-16)20-15-18(10-7-11-18)12-13-22-3/h4-6,8-9H,7,10-15H2,1-3H3,(H,19,20). The fraction of sp³-hybridized carbons (Fsp3) is 0.611. The van der Waals surface area contributed by atoms with Crippen molar-refractivity contribution in [2.75, 3.05) is 34.4 Å². The smallest absolute Gasteiger partial charge is 0.193 e. The van der Waals surface area contributed by atoms with Crippen molar-refractivity contribution in [3.63, 3.8) is 0 Å². The Hall–Kier alpha value is -1.55. The van der Waals surface area contributed by atoms with Crippen LogP contribution in [0.1, 0.15) is 31.2 Å². The van der Waals surface area contributed by atoms with E-state index in [9.17, 15) is 0 Å². The maximum absolute atomic E-state index is 5.26. The molecule has 0 radical (unpaired) electrons. The van der Waals surface area contributed by atoms with E-state index in [0.29, 0.717) is 12.0 Å². The molecule has 1 N–H and O–H groups in total. The number of guanidine groups is 1. The Kier molecular flexibility index (Phi) is 6.25. The first-order valence-electron chi connectivity index (χ1n) is 8.14. The van der Waals surface area contributed by atoms with Crippen LogP contribution in [-0.2, 0) is 11.3 Å². The fourth-order valence-electron chi connectivity index (χ4n) is 2.88. The Labute approximate surface area is 134 Å². The van der Waals surface area contributed by atoms with Crippen LogP contribution in [-0.4, -0.2) is 45.2 Å². The molecule has 0 aromatic heterocycles. The van der Waals surface area contributed by atoms with Crippen molar-refractivity contribution in [3.05, 3.63) is 35.9 Å². The lowest BCUT2D eigenvalue weighted by Gasteiger charge is -2.42. The van der Waals surface area contributed by atoms with E-state index < -0.39 is 0 Å². The van der Waals surface area contributed by atoms with Crippen molar-refractivity contribution in [1.82, 2.24) is 10.2 Å². The molecule has 2 rings (SSSR count). The molecule has 1 fully saturated rings. The molecule has 0 unspecified atom stereocenters. The third-order valence-corrected chi connectivity index (χ3v) is 4.55. The average molecular weight is 303 g/mol. The molecular weight excluding hydrogens is 274 g/mol. The van der Waals surface area contributed by atoms with E-state index in [1.54, 1.807) is 7.11 Å². The van der Waals surface area contributed by atoms with Gasteiger partial charge in [-0.25, -0.2) is 4.99 Å². The summed E-state index contributed by atoms with van der Waals surface area (Å²) in [5.41, 5.74) is 1.64. The van der Waals surface area contributed by atoms with Crippen LogP contribution in [0, 0.1) is 5.41 Å². The van der Waals surface area contributed by atoms with Crippen LogP contribution in [0.15, 0.2) is 35.3 Å². The lowest BCUT2D eigenvalue weighted by molar-refractivity contribution is 0.0728. The maximum Gasteiger partial charge on any atom is 0.193 e. The molecule has 1 aliphatic rings. The lowest BCUT2D eigenvalue weighted by Crippen LogP contribution is -2.46. The highest BCUT2D eigenvalue weighted by atomic mass is 16.5. The van der Waals surface area contributed by atoms with Crippen LogP contribution < -0.4 is 5.32 Å². The van der Waals surface area contributed by atoms with Gasteiger partial charge in [-0.2, -0.15) is 0 Å². The number of aliphatic imine (C=N–C) groups is 1. The Balaban J connectivity index is 1.91. The molecule has 4 heteroatoms. The Morgan fingerprint density at radius 3 is 2.55 bits per heavy atom. The average Bonchev–Trinajstić information content (AvgIpc) is 2.49. The number of nitrogens with zero attached hydrogens (tertiary/aromatic N) is 2. The predicted molar refractivity (Wildman–Crippen MR) is 92.0 cm³/mol. The van der Waals surface area contributed by atoms with Gasteiger partial charge in [-0.3, -0.25) is 0 Å². The van der Waals surface area contributed by atoms with Gasteiger partial charge in [0.2, 0.25) is 0 Å². The molecular formula is C18H29N3O. The summed E-state index contributed by atoms with van der Waals surface area (Å²) in [5, 5.41) is 3.56. The maximum atomic E-state index is 5.26. The summed E-state index contributed by atoms with van der Waals surface area (Å²) in [6.07, 6.45) is 5.06. The highest BCUT2D eigenvalue weighted by Crippen LogP contribution is 2.43. The van der Waals surface area contributed by atoms with Crippen molar-refractivity contribution in [2.45, 2.75) is 32.2 Å². The van der Waals surface area contributed by atoms with Crippen molar-refractivity contribution in [1.29, 1.82) is 0 Å². The monoisotopic (exact) mass is 303 g/mol. The van der Waals surface area contributed by atoms with E-state index in [1.807, 2.05) is 20.2 Å². The minimum absolute atomic E-state index is 0.402. The zero-order valence-corrected chi connectivity index (χ0v) is 14.1. The summed E-state index contributed by atoms with van der Waals surface area (Å²) in [6.45, 7) is 2.55. The van der Waals surface area contributed by atoms with E-state index in [4.69, 9.17) is 9.73 Å². The summed E-state index contributed by atoms with van der Waals surface area (Å²) in [6, 6.07) is 10.4. The van der Waals surface area contributed by atoms with E-state index in [2.05, 4.69) is 34.5 Å². The number of ether oxygens (including phenoxy) is 1. The van der Waals surface area contributed by atoms with Crippen LogP contribution in [0.4, 0.5) is 0 Å². The van der Waals surface area contributed by atoms with Crippen molar-refractivity contribution >= 4 is 5.96 Å². The molecule has 0 spiro atoms. The van der Waals surface area contributed by atoms with Gasteiger partial charge in [-0.05, 0) is 30.2 Å². The summed E-state index contributed by atoms with van der Waals surface area (Å²) >= 11 is 0. The molecule has 4 nitrogen and oxygen atoms in total. The first kappa shape index (κ1) is 16.8. The molecule has 0 aliphatic heterocycles. The number of benzene rings is 1. The van der Waals surface area contributed by atoms with Gasteiger partial charge in [-0.15, -0.1) is 0 Å². The number of hydrogen-bond acceptors (Lipinski definition) is 2. The van der Waals surface area contributed by atoms with Gasteiger partial charge in [0.1, 0.15) is 0 Å². The van der Waals surface area contributed by atoms with Crippen LogP contribution in [0.2, 0.25) is 0 Å². The molecule has 1 aromatic rings. The normalized spacial score (nSPS) is 17.0. The molecule has 122 valence electrons. The fourth-order valence-corrected chi connectivity index (χ4v) is 2.88. The molecule has 0 saturated heterocycles. The molecule has 0 bridgehead atoms. The van der Waals surface area contributed by atoms with Gasteiger partial charge in [0, 0.05) is 34.4 Å². The number of nitrogens with one attached hydrogen (secondary N) is 1. The predicted octanol–water partition coefficient (Wildman–Crippen LogP) is 2.90. The second kappa shape index (κ2) is 8.18. The van der Waals surface area contributed by atoms with Crippen molar-refractivity contribution in [2.24, 2.45) is 10.4 Å².